The molecule has 1 aromatic heterocycles. The van der Waals surface area contributed by atoms with Crippen molar-refractivity contribution in [3.05, 3.63) is 29.5 Å². The van der Waals surface area contributed by atoms with E-state index in [1.165, 1.54) is 0 Å². The SMILES string of the molecule is O=C1CCc2cc(/C=C/CCBr)cnc2N1. The third kappa shape index (κ3) is 2.70. The molecule has 0 atom stereocenters. The third-order valence-electron chi connectivity index (χ3n) is 2.45. The Labute approximate surface area is 103 Å². The molecule has 0 saturated heterocycles. The number of anilines is 1. The van der Waals surface area contributed by atoms with E-state index < -0.39 is 0 Å². The van der Waals surface area contributed by atoms with E-state index >= 15 is 0 Å². The molecule has 3 nitrogen and oxygen atoms in total. The molecule has 0 bridgehead atoms. The van der Waals surface area contributed by atoms with Crippen molar-refractivity contribution in [3.8, 4) is 0 Å². The van der Waals surface area contributed by atoms with Gasteiger partial charge in [-0.25, -0.2) is 4.98 Å². The Hall–Kier alpha value is -1.16. The molecule has 1 amide bonds. The van der Waals surface area contributed by atoms with Crippen LogP contribution < -0.4 is 5.32 Å². The van der Waals surface area contributed by atoms with E-state index in [1.807, 2.05) is 0 Å². The lowest BCUT2D eigenvalue weighted by atomic mass is 10.0. The molecule has 0 radical (unpaired) electrons. The fraction of sp³-hybridized carbons (Fsp3) is 0.333. The highest BCUT2D eigenvalue weighted by Crippen LogP contribution is 2.21. The molecule has 0 aliphatic carbocycles. The molecule has 16 heavy (non-hydrogen) atoms. The summed E-state index contributed by atoms with van der Waals surface area (Å²) in [5, 5.41) is 3.74. The zero-order valence-corrected chi connectivity index (χ0v) is 10.5. The molecule has 4 heteroatoms. The number of nitrogens with one attached hydrogen (secondary N) is 1. The number of aromatic nitrogens is 1. The molecule has 0 saturated carbocycles. The summed E-state index contributed by atoms with van der Waals surface area (Å²) >= 11 is 3.38. The fourth-order valence-electron chi connectivity index (χ4n) is 1.65. The number of alkyl halides is 1. The van der Waals surface area contributed by atoms with E-state index in [-0.39, 0.29) is 5.91 Å². The van der Waals surface area contributed by atoms with Crippen LogP contribution in [0.5, 0.6) is 0 Å². The maximum Gasteiger partial charge on any atom is 0.225 e. The molecule has 84 valence electrons. The Morgan fingerprint density at radius 2 is 2.38 bits per heavy atom. The van der Waals surface area contributed by atoms with Gasteiger partial charge in [0.1, 0.15) is 5.82 Å². The van der Waals surface area contributed by atoms with E-state index in [2.05, 4.69) is 44.4 Å². The largest absolute Gasteiger partial charge is 0.310 e. The van der Waals surface area contributed by atoms with Crippen LogP contribution in [-0.2, 0) is 11.2 Å². The smallest absolute Gasteiger partial charge is 0.225 e. The molecular weight excluding hydrogens is 268 g/mol. The van der Waals surface area contributed by atoms with Crippen LogP contribution in [0.25, 0.3) is 6.08 Å². The Kier molecular flexibility index (Phi) is 3.72. The second-order valence-electron chi connectivity index (χ2n) is 3.70. The number of nitrogens with zero attached hydrogens (tertiary/aromatic N) is 1. The van der Waals surface area contributed by atoms with Crippen molar-refractivity contribution < 1.29 is 4.79 Å². The predicted molar refractivity (Wildman–Crippen MR) is 68.6 cm³/mol. The minimum absolute atomic E-state index is 0.0579. The number of hydrogen-bond acceptors (Lipinski definition) is 2. The van der Waals surface area contributed by atoms with Crippen LogP contribution in [-0.4, -0.2) is 16.2 Å². The van der Waals surface area contributed by atoms with Crippen molar-refractivity contribution in [2.75, 3.05) is 10.6 Å². The summed E-state index contributed by atoms with van der Waals surface area (Å²) in [6, 6.07) is 2.09. The second kappa shape index (κ2) is 5.25. The van der Waals surface area contributed by atoms with Crippen LogP contribution in [0.2, 0.25) is 0 Å². The van der Waals surface area contributed by atoms with Gasteiger partial charge in [0.25, 0.3) is 0 Å². The van der Waals surface area contributed by atoms with Crippen molar-refractivity contribution in [2.24, 2.45) is 0 Å². The fourth-order valence-corrected chi connectivity index (χ4v) is 1.91. The molecule has 0 aromatic carbocycles. The number of amides is 1. The number of halogens is 1. The Bertz CT molecular complexity index is 429. The number of rotatable bonds is 3. The van der Waals surface area contributed by atoms with Gasteiger partial charge < -0.3 is 5.32 Å². The van der Waals surface area contributed by atoms with Gasteiger partial charge >= 0.3 is 0 Å². The summed E-state index contributed by atoms with van der Waals surface area (Å²) < 4.78 is 0. The van der Waals surface area contributed by atoms with E-state index in [0.29, 0.717) is 12.2 Å². The number of fused-ring (bicyclic) bond motifs is 1. The molecule has 1 aliphatic heterocycles. The minimum atomic E-state index is 0.0579. The Morgan fingerprint density at radius 1 is 1.50 bits per heavy atom. The van der Waals surface area contributed by atoms with Crippen LogP contribution in [0.1, 0.15) is 24.0 Å². The first-order valence-electron chi connectivity index (χ1n) is 5.31. The zero-order chi connectivity index (χ0) is 11.4. The summed E-state index contributed by atoms with van der Waals surface area (Å²) in [4.78, 5) is 15.4. The van der Waals surface area contributed by atoms with Crippen LogP contribution in [0.3, 0.4) is 0 Å². The van der Waals surface area contributed by atoms with E-state index in [0.717, 1.165) is 29.3 Å². The first-order valence-corrected chi connectivity index (χ1v) is 6.43. The number of hydrogen-bond donors (Lipinski definition) is 1. The first kappa shape index (κ1) is 11.3. The quantitative estimate of drug-likeness (QED) is 0.866. The van der Waals surface area contributed by atoms with Crippen molar-refractivity contribution in [1.82, 2.24) is 4.98 Å². The molecule has 0 unspecified atom stereocenters. The zero-order valence-electron chi connectivity index (χ0n) is 8.87. The molecule has 0 spiro atoms. The van der Waals surface area contributed by atoms with Crippen molar-refractivity contribution in [1.29, 1.82) is 0 Å². The third-order valence-corrected chi connectivity index (χ3v) is 2.91. The Balaban J connectivity index is 2.16. The predicted octanol–water partition coefficient (Wildman–Crippen LogP) is 2.76. The topological polar surface area (TPSA) is 42.0 Å². The van der Waals surface area contributed by atoms with Crippen molar-refractivity contribution in [2.45, 2.75) is 19.3 Å². The van der Waals surface area contributed by atoms with Crippen LogP contribution >= 0.6 is 15.9 Å². The van der Waals surface area contributed by atoms with Crippen LogP contribution in [0, 0.1) is 0 Å². The molecule has 2 rings (SSSR count). The monoisotopic (exact) mass is 280 g/mol. The van der Waals surface area contributed by atoms with E-state index in [1.54, 1.807) is 6.20 Å². The van der Waals surface area contributed by atoms with Gasteiger partial charge in [0.15, 0.2) is 0 Å². The standard InChI is InChI=1S/C12H13BrN2O/c13-6-2-1-3-9-7-10-4-5-11(16)15-12(10)14-8-9/h1,3,7-8H,2,4-6H2,(H,14,15,16)/b3-1+. The first-order chi connectivity index (χ1) is 7.79. The normalized spacial score (nSPS) is 14.9. The van der Waals surface area contributed by atoms with Gasteiger partial charge in [-0.2, -0.15) is 0 Å². The van der Waals surface area contributed by atoms with Crippen LogP contribution in [0.4, 0.5) is 5.82 Å². The van der Waals surface area contributed by atoms with Crippen molar-refractivity contribution in [3.63, 3.8) is 0 Å². The molecular formula is C12H13BrN2O. The second-order valence-corrected chi connectivity index (χ2v) is 4.50. The maximum atomic E-state index is 11.2. The number of allylic oxidation sites excluding steroid dienone is 1. The highest BCUT2D eigenvalue weighted by Gasteiger charge is 2.15. The van der Waals surface area contributed by atoms with Gasteiger partial charge in [0.05, 0.1) is 0 Å². The number of pyridine rings is 1. The highest BCUT2D eigenvalue weighted by molar-refractivity contribution is 9.09. The van der Waals surface area contributed by atoms with Gasteiger partial charge in [-0.1, -0.05) is 28.1 Å². The Morgan fingerprint density at radius 3 is 3.19 bits per heavy atom. The van der Waals surface area contributed by atoms with Gasteiger partial charge in [-0.15, -0.1) is 0 Å². The number of carbonyl (C=O) groups excluding carboxylic acids is 1. The van der Waals surface area contributed by atoms with E-state index in [4.69, 9.17) is 0 Å². The average molecular weight is 281 g/mol. The van der Waals surface area contributed by atoms with Gasteiger partial charge in [0, 0.05) is 17.9 Å². The van der Waals surface area contributed by atoms with Gasteiger partial charge in [0.2, 0.25) is 5.91 Å². The molecule has 1 N–H and O–H groups in total. The van der Waals surface area contributed by atoms with Gasteiger partial charge in [-0.05, 0) is 30.0 Å². The minimum Gasteiger partial charge on any atom is -0.310 e. The van der Waals surface area contributed by atoms with Crippen LogP contribution in [0.15, 0.2) is 18.3 Å². The highest BCUT2D eigenvalue weighted by atomic mass is 79.9. The maximum absolute atomic E-state index is 11.2. The number of carbonyl (C=O) groups is 1. The molecule has 1 aliphatic rings. The summed E-state index contributed by atoms with van der Waals surface area (Å²) in [5.41, 5.74) is 2.22. The lowest BCUT2D eigenvalue weighted by Gasteiger charge is -2.15. The summed E-state index contributed by atoms with van der Waals surface area (Å²) in [6.07, 6.45) is 8.31. The summed E-state index contributed by atoms with van der Waals surface area (Å²) in [7, 11) is 0. The molecule has 2 heterocycles. The number of aryl methyl sites for hydroxylation is 1. The van der Waals surface area contributed by atoms with Gasteiger partial charge in [-0.3, -0.25) is 4.79 Å². The van der Waals surface area contributed by atoms with E-state index in [9.17, 15) is 4.79 Å². The van der Waals surface area contributed by atoms with Crippen molar-refractivity contribution >= 4 is 33.7 Å². The summed E-state index contributed by atoms with van der Waals surface area (Å²) in [5.74, 6) is 0.775. The molecule has 0 fully saturated rings. The lowest BCUT2D eigenvalue weighted by Crippen LogP contribution is -2.20. The summed E-state index contributed by atoms with van der Waals surface area (Å²) in [6.45, 7) is 0. The average Bonchev–Trinajstić information content (AvgIpc) is 2.29. The molecule has 1 aromatic rings. The lowest BCUT2D eigenvalue weighted by molar-refractivity contribution is -0.116.